The number of benzene rings is 1. The minimum absolute atomic E-state index is 0.101. The molecular weight excluding hydrogens is 281 g/mol. The maximum atomic E-state index is 13.2. The van der Waals surface area contributed by atoms with Crippen molar-refractivity contribution in [2.75, 3.05) is 0 Å². The molecule has 1 unspecified atom stereocenters. The van der Waals surface area contributed by atoms with Crippen LogP contribution in [0.15, 0.2) is 18.3 Å². The molecule has 0 saturated heterocycles. The number of hydrogen-bond acceptors (Lipinski definition) is 3. The van der Waals surface area contributed by atoms with E-state index in [1.54, 1.807) is 7.05 Å². The number of nitrogens with two attached hydrogens (primary N) is 1. The van der Waals surface area contributed by atoms with Gasteiger partial charge in [0.05, 0.1) is 23.0 Å². The van der Waals surface area contributed by atoms with Crippen molar-refractivity contribution in [3.63, 3.8) is 0 Å². The third-order valence-electron chi connectivity index (χ3n) is 2.72. The molecule has 1 heterocycles. The Kier molecular flexibility index (Phi) is 3.79. The van der Waals surface area contributed by atoms with Crippen LogP contribution in [0.4, 0.5) is 13.2 Å². The van der Waals surface area contributed by atoms with Crippen LogP contribution in [-0.4, -0.2) is 9.78 Å². The lowest BCUT2D eigenvalue weighted by atomic mass is 10.0. The van der Waals surface area contributed by atoms with Gasteiger partial charge in [-0.15, -0.1) is 0 Å². The van der Waals surface area contributed by atoms with Gasteiger partial charge in [0.15, 0.2) is 17.5 Å². The normalized spacial score (nSPS) is 12.7. The topological polar surface area (TPSA) is 55.9 Å². The summed E-state index contributed by atoms with van der Waals surface area (Å²) in [6, 6.07) is 0.892. The molecule has 8 heteroatoms. The molecule has 1 atom stereocenters. The Morgan fingerprint density at radius 3 is 2.32 bits per heavy atom. The van der Waals surface area contributed by atoms with Crippen LogP contribution in [0.2, 0.25) is 5.02 Å². The maximum absolute atomic E-state index is 13.2. The summed E-state index contributed by atoms with van der Waals surface area (Å²) in [4.78, 5) is 0. The first-order valence-corrected chi connectivity index (χ1v) is 5.61. The van der Waals surface area contributed by atoms with Gasteiger partial charge in [0.1, 0.15) is 0 Å². The number of rotatable bonds is 3. The molecule has 0 aliphatic rings. The molecule has 2 aromatic rings. The van der Waals surface area contributed by atoms with Gasteiger partial charge >= 0.3 is 0 Å². The third kappa shape index (κ3) is 2.44. The number of halogens is 4. The second kappa shape index (κ2) is 5.20. The van der Waals surface area contributed by atoms with E-state index in [-0.39, 0.29) is 10.6 Å². The standard InChI is InChI=1S/C11H10ClF3N4/c1-19-11(6(12)4-17-19)10(18-16)5-2-7(13)9(15)8(14)3-5/h2-4,10,18H,16H2,1H3. The number of hydrazine groups is 1. The molecular formula is C11H10ClF3N4. The summed E-state index contributed by atoms with van der Waals surface area (Å²) < 4.78 is 40.8. The van der Waals surface area contributed by atoms with Gasteiger partial charge in [-0.05, 0) is 17.7 Å². The highest BCUT2D eigenvalue weighted by molar-refractivity contribution is 6.31. The summed E-state index contributed by atoms with van der Waals surface area (Å²) in [6.45, 7) is 0. The summed E-state index contributed by atoms with van der Waals surface area (Å²) in [5, 5.41) is 4.17. The first-order valence-electron chi connectivity index (χ1n) is 5.23. The van der Waals surface area contributed by atoms with Crippen LogP contribution in [0, 0.1) is 17.5 Å². The highest BCUT2D eigenvalue weighted by atomic mass is 35.5. The first-order chi connectivity index (χ1) is 8.95. The monoisotopic (exact) mass is 290 g/mol. The summed E-state index contributed by atoms with van der Waals surface area (Å²) in [7, 11) is 1.60. The largest absolute Gasteiger partial charge is 0.271 e. The zero-order valence-corrected chi connectivity index (χ0v) is 10.5. The Bertz CT molecular complexity index is 571. The van der Waals surface area contributed by atoms with Gasteiger partial charge in [-0.1, -0.05) is 11.6 Å². The van der Waals surface area contributed by atoms with Crippen LogP contribution in [0.25, 0.3) is 0 Å². The molecule has 0 radical (unpaired) electrons. The van der Waals surface area contributed by atoms with Crippen molar-refractivity contribution >= 4 is 11.6 Å². The van der Waals surface area contributed by atoms with Crippen molar-refractivity contribution in [2.24, 2.45) is 12.9 Å². The van der Waals surface area contributed by atoms with Gasteiger partial charge in [-0.2, -0.15) is 5.10 Å². The Morgan fingerprint density at radius 2 is 1.89 bits per heavy atom. The Hall–Kier alpha value is -1.57. The zero-order chi connectivity index (χ0) is 14.2. The molecule has 4 nitrogen and oxygen atoms in total. The van der Waals surface area contributed by atoms with Crippen molar-refractivity contribution in [1.29, 1.82) is 0 Å². The van der Waals surface area contributed by atoms with Crippen molar-refractivity contribution in [2.45, 2.75) is 6.04 Å². The number of nitrogens with zero attached hydrogens (tertiary/aromatic N) is 2. The van der Waals surface area contributed by atoms with Crippen molar-refractivity contribution < 1.29 is 13.2 Å². The minimum Gasteiger partial charge on any atom is -0.271 e. The number of aromatic nitrogens is 2. The predicted molar refractivity (Wildman–Crippen MR) is 63.7 cm³/mol. The first kappa shape index (κ1) is 13.9. The molecule has 1 aromatic carbocycles. The maximum Gasteiger partial charge on any atom is 0.194 e. The van der Waals surface area contributed by atoms with E-state index in [1.807, 2.05) is 0 Å². The lowest BCUT2D eigenvalue weighted by molar-refractivity contribution is 0.441. The highest BCUT2D eigenvalue weighted by Gasteiger charge is 2.22. The number of nitrogens with one attached hydrogen (secondary N) is 1. The SMILES string of the molecule is Cn1ncc(Cl)c1C(NN)c1cc(F)c(F)c(F)c1. The van der Waals surface area contributed by atoms with Crippen LogP contribution >= 0.6 is 11.6 Å². The van der Waals surface area contributed by atoms with Gasteiger partial charge in [-0.25, -0.2) is 18.6 Å². The van der Waals surface area contributed by atoms with E-state index in [4.69, 9.17) is 17.4 Å². The summed E-state index contributed by atoms with van der Waals surface area (Å²) >= 11 is 5.94. The van der Waals surface area contributed by atoms with Gasteiger partial charge < -0.3 is 0 Å². The zero-order valence-electron chi connectivity index (χ0n) is 9.79. The molecule has 2 rings (SSSR count). The summed E-state index contributed by atoms with van der Waals surface area (Å²) in [5.74, 6) is 1.26. The van der Waals surface area contributed by atoms with E-state index in [0.29, 0.717) is 5.69 Å². The lowest BCUT2D eigenvalue weighted by Crippen LogP contribution is -2.31. The molecule has 0 bridgehead atoms. The Labute approximate surface area is 111 Å². The molecule has 102 valence electrons. The lowest BCUT2D eigenvalue weighted by Gasteiger charge is -2.17. The van der Waals surface area contributed by atoms with Crippen molar-refractivity contribution in [3.8, 4) is 0 Å². The van der Waals surface area contributed by atoms with Crippen LogP contribution in [0.5, 0.6) is 0 Å². The molecule has 19 heavy (non-hydrogen) atoms. The predicted octanol–water partition coefficient (Wildman–Crippen LogP) is 2.04. The molecule has 0 amide bonds. The van der Waals surface area contributed by atoms with E-state index < -0.39 is 23.5 Å². The average molecular weight is 291 g/mol. The summed E-state index contributed by atoms with van der Waals surface area (Å²) in [6.07, 6.45) is 1.37. The van der Waals surface area contributed by atoms with E-state index in [1.165, 1.54) is 10.9 Å². The fraction of sp³-hybridized carbons (Fsp3) is 0.182. The molecule has 0 aliphatic heterocycles. The number of aryl methyl sites for hydroxylation is 1. The van der Waals surface area contributed by atoms with Gasteiger partial charge in [0, 0.05) is 7.05 Å². The second-order valence-corrected chi connectivity index (χ2v) is 4.31. The molecule has 0 saturated carbocycles. The van der Waals surface area contributed by atoms with Gasteiger partial charge in [-0.3, -0.25) is 10.5 Å². The second-order valence-electron chi connectivity index (χ2n) is 3.90. The molecule has 1 aromatic heterocycles. The third-order valence-corrected chi connectivity index (χ3v) is 3.01. The van der Waals surface area contributed by atoms with Crippen molar-refractivity contribution in [3.05, 3.63) is 52.1 Å². The highest BCUT2D eigenvalue weighted by Crippen LogP contribution is 2.28. The van der Waals surface area contributed by atoms with E-state index in [0.717, 1.165) is 12.1 Å². The average Bonchev–Trinajstić information content (AvgIpc) is 2.69. The molecule has 0 spiro atoms. The van der Waals surface area contributed by atoms with Crippen LogP contribution in [0.1, 0.15) is 17.3 Å². The fourth-order valence-corrected chi connectivity index (χ4v) is 2.09. The van der Waals surface area contributed by atoms with E-state index >= 15 is 0 Å². The quantitative estimate of drug-likeness (QED) is 0.517. The molecule has 3 N–H and O–H groups in total. The van der Waals surface area contributed by atoms with Crippen LogP contribution in [-0.2, 0) is 7.05 Å². The minimum atomic E-state index is -1.53. The van der Waals surface area contributed by atoms with E-state index in [9.17, 15) is 13.2 Å². The molecule has 0 aliphatic carbocycles. The van der Waals surface area contributed by atoms with Crippen LogP contribution in [0.3, 0.4) is 0 Å². The Balaban J connectivity index is 2.55. The summed E-state index contributed by atoms with van der Waals surface area (Å²) in [5.41, 5.74) is 2.89. The fourth-order valence-electron chi connectivity index (χ4n) is 1.82. The van der Waals surface area contributed by atoms with E-state index in [2.05, 4.69) is 10.5 Å². The van der Waals surface area contributed by atoms with Crippen molar-refractivity contribution in [1.82, 2.24) is 15.2 Å². The smallest absolute Gasteiger partial charge is 0.194 e. The Morgan fingerprint density at radius 1 is 1.32 bits per heavy atom. The van der Waals surface area contributed by atoms with Crippen LogP contribution < -0.4 is 11.3 Å². The van der Waals surface area contributed by atoms with Gasteiger partial charge in [0.2, 0.25) is 0 Å². The number of hydrogen-bond donors (Lipinski definition) is 2. The van der Waals surface area contributed by atoms with Gasteiger partial charge in [0.25, 0.3) is 0 Å². The molecule has 0 fully saturated rings.